The molecule has 0 aliphatic carbocycles. The summed E-state index contributed by atoms with van der Waals surface area (Å²) in [5, 5.41) is 23.1. The van der Waals surface area contributed by atoms with Gasteiger partial charge in [0.1, 0.15) is 0 Å². The van der Waals surface area contributed by atoms with E-state index < -0.39 is 12.1 Å². The summed E-state index contributed by atoms with van der Waals surface area (Å²) in [6.07, 6.45) is 82.1. The summed E-state index contributed by atoms with van der Waals surface area (Å²) in [6.45, 7) is 4.92. The molecule has 75 heavy (non-hydrogen) atoms. The molecule has 442 valence electrons. The second kappa shape index (κ2) is 64.6. The van der Waals surface area contributed by atoms with Crippen molar-refractivity contribution in [2.75, 3.05) is 13.2 Å². The van der Waals surface area contributed by atoms with Crippen molar-refractivity contribution >= 4 is 11.9 Å². The minimum absolute atomic E-state index is 0.0120. The van der Waals surface area contributed by atoms with Crippen LogP contribution in [0.25, 0.3) is 0 Å². The fourth-order valence-corrected chi connectivity index (χ4v) is 10.4. The fraction of sp³-hybridized carbons (Fsp3) is 0.884. The van der Waals surface area contributed by atoms with E-state index in [0.717, 1.165) is 44.9 Å². The third-order valence-corrected chi connectivity index (χ3v) is 15.6. The van der Waals surface area contributed by atoms with Crippen molar-refractivity contribution in [2.24, 2.45) is 0 Å². The van der Waals surface area contributed by atoms with E-state index in [-0.39, 0.29) is 18.5 Å². The van der Waals surface area contributed by atoms with Gasteiger partial charge in [-0.3, -0.25) is 9.59 Å². The van der Waals surface area contributed by atoms with E-state index in [1.807, 2.05) is 6.08 Å². The van der Waals surface area contributed by atoms with Crippen LogP contribution in [-0.4, -0.2) is 47.4 Å². The number of aliphatic hydroxyl groups is 2. The molecule has 0 fully saturated rings. The van der Waals surface area contributed by atoms with Crippen molar-refractivity contribution in [1.82, 2.24) is 5.32 Å². The zero-order valence-corrected chi connectivity index (χ0v) is 50.5. The molecule has 0 rings (SSSR count). The number of rotatable bonds is 63. The predicted molar refractivity (Wildman–Crippen MR) is 329 cm³/mol. The zero-order valence-electron chi connectivity index (χ0n) is 50.5. The topological polar surface area (TPSA) is 95.9 Å². The highest BCUT2D eigenvalue weighted by atomic mass is 16.5. The molecule has 0 bridgehead atoms. The molecule has 0 radical (unpaired) electrons. The maximum absolute atomic E-state index is 12.5. The molecule has 0 aliphatic heterocycles. The maximum atomic E-state index is 12.5. The molecule has 0 aromatic carbocycles. The van der Waals surface area contributed by atoms with Crippen molar-refractivity contribution in [3.8, 4) is 0 Å². The number of esters is 1. The Hall–Kier alpha value is -1.92. The van der Waals surface area contributed by atoms with Crippen molar-refractivity contribution < 1.29 is 24.5 Å². The Labute approximate surface area is 468 Å². The molecule has 2 atom stereocenters. The average molecular weight is 1050 g/mol. The van der Waals surface area contributed by atoms with Crippen molar-refractivity contribution in [3.05, 3.63) is 36.5 Å². The number of unbranched alkanes of at least 4 members (excludes halogenated alkanes) is 48. The molecular formula is C69H131NO5. The first-order valence-electron chi connectivity index (χ1n) is 33.8. The molecule has 2 unspecified atom stereocenters. The quantitative estimate of drug-likeness (QED) is 0.0320. The number of nitrogens with one attached hydrogen (secondary N) is 1. The number of amides is 1. The molecule has 0 aliphatic rings. The Morgan fingerprint density at radius 2 is 0.627 bits per heavy atom. The molecule has 0 saturated heterocycles. The van der Waals surface area contributed by atoms with Crippen molar-refractivity contribution in [3.63, 3.8) is 0 Å². The van der Waals surface area contributed by atoms with Gasteiger partial charge >= 0.3 is 5.97 Å². The van der Waals surface area contributed by atoms with Gasteiger partial charge in [-0.2, -0.15) is 0 Å². The Morgan fingerprint density at radius 3 is 0.947 bits per heavy atom. The smallest absolute Gasteiger partial charge is 0.305 e. The molecule has 0 heterocycles. The SMILES string of the molecule is CCCCCCCCC/C=C\CCCCCCCCCC(=O)OCCCCCCCCCCCCCC/C=C\CCCCCCCCCCCCCC(=O)NC(CO)C(O)/C=C/CCCCCCCCCCCCC. The number of allylic oxidation sites excluding steroid dienone is 5. The highest BCUT2D eigenvalue weighted by Crippen LogP contribution is 2.17. The lowest BCUT2D eigenvalue weighted by atomic mass is 10.0. The van der Waals surface area contributed by atoms with Gasteiger partial charge in [0.2, 0.25) is 5.91 Å². The third kappa shape index (κ3) is 61.2. The van der Waals surface area contributed by atoms with Crippen LogP contribution in [0.5, 0.6) is 0 Å². The van der Waals surface area contributed by atoms with Crippen LogP contribution in [0.1, 0.15) is 367 Å². The minimum atomic E-state index is -0.844. The van der Waals surface area contributed by atoms with E-state index in [2.05, 4.69) is 43.5 Å². The lowest BCUT2D eigenvalue weighted by molar-refractivity contribution is -0.143. The van der Waals surface area contributed by atoms with E-state index in [9.17, 15) is 19.8 Å². The van der Waals surface area contributed by atoms with Crippen LogP contribution in [-0.2, 0) is 14.3 Å². The molecule has 1 amide bonds. The molecule has 0 aromatic rings. The number of hydrogen-bond acceptors (Lipinski definition) is 5. The van der Waals surface area contributed by atoms with Crippen LogP contribution in [0.2, 0.25) is 0 Å². The Kier molecular flexibility index (Phi) is 63.0. The summed E-state index contributed by atoms with van der Waals surface area (Å²) >= 11 is 0. The Morgan fingerprint density at radius 1 is 0.360 bits per heavy atom. The number of carbonyl (C=O) groups excluding carboxylic acids is 2. The van der Waals surface area contributed by atoms with Gasteiger partial charge in [-0.05, 0) is 83.5 Å². The normalized spacial score (nSPS) is 12.7. The number of ether oxygens (including phenoxy) is 1. The summed E-state index contributed by atoms with van der Waals surface area (Å²) < 4.78 is 5.50. The molecule has 0 aromatic heterocycles. The van der Waals surface area contributed by atoms with Gasteiger partial charge in [0.05, 0.1) is 25.4 Å². The highest BCUT2D eigenvalue weighted by Gasteiger charge is 2.18. The zero-order chi connectivity index (χ0) is 54.3. The highest BCUT2D eigenvalue weighted by molar-refractivity contribution is 5.76. The molecule has 6 heteroatoms. The third-order valence-electron chi connectivity index (χ3n) is 15.6. The van der Waals surface area contributed by atoms with Crippen LogP contribution in [0.4, 0.5) is 0 Å². The Balaban J connectivity index is 3.38. The second-order valence-corrected chi connectivity index (χ2v) is 23.1. The number of carbonyl (C=O) groups is 2. The van der Waals surface area contributed by atoms with E-state index in [1.54, 1.807) is 6.08 Å². The van der Waals surface area contributed by atoms with E-state index in [0.29, 0.717) is 19.4 Å². The van der Waals surface area contributed by atoms with Crippen molar-refractivity contribution in [1.29, 1.82) is 0 Å². The van der Waals surface area contributed by atoms with E-state index in [1.165, 1.54) is 295 Å². The molecule has 0 spiro atoms. The van der Waals surface area contributed by atoms with Gasteiger partial charge < -0.3 is 20.3 Å². The van der Waals surface area contributed by atoms with E-state index >= 15 is 0 Å². The van der Waals surface area contributed by atoms with Gasteiger partial charge in [-0.15, -0.1) is 0 Å². The molecule has 0 saturated carbocycles. The Bertz CT molecular complexity index is 1210. The van der Waals surface area contributed by atoms with Gasteiger partial charge in [0.25, 0.3) is 0 Å². The monoisotopic (exact) mass is 1050 g/mol. The summed E-state index contributed by atoms with van der Waals surface area (Å²) in [7, 11) is 0. The van der Waals surface area contributed by atoms with Crippen molar-refractivity contribution in [2.45, 2.75) is 379 Å². The fourth-order valence-electron chi connectivity index (χ4n) is 10.4. The first kappa shape index (κ1) is 73.1. The van der Waals surface area contributed by atoms with Gasteiger partial charge in [-0.1, -0.05) is 307 Å². The van der Waals surface area contributed by atoms with Gasteiger partial charge in [0.15, 0.2) is 0 Å². The summed E-state index contributed by atoms with van der Waals surface area (Å²) in [4.78, 5) is 24.6. The second-order valence-electron chi connectivity index (χ2n) is 23.1. The lowest BCUT2D eigenvalue weighted by Gasteiger charge is -2.20. The van der Waals surface area contributed by atoms with Crippen LogP contribution < -0.4 is 5.32 Å². The van der Waals surface area contributed by atoms with Crippen LogP contribution in [0.15, 0.2) is 36.5 Å². The summed E-state index contributed by atoms with van der Waals surface area (Å²) in [5.41, 5.74) is 0. The minimum Gasteiger partial charge on any atom is -0.466 e. The number of hydrogen-bond donors (Lipinski definition) is 3. The van der Waals surface area contributed by atoms with Crippen LogP contribution in [0.3, 0.4) is 0 Å². The summed E-state index contributed by atoms with van der Waals surface area (Å²) in [5.74, 6) is -0.0560. The lowest BCUT2D eigenvalue weighted by Crippen LogP contribution is -2.45. The standard InChI is InChI=1S/C69H131NO5/c1-3-5-7-9-11-13-15-17-18-19-32-35-39-43-47-51-55-59-63-69(74)75-64-60-56-52-48-44-40-36-33-30-28-26-24-22-20-21-23-25-27-29-31-34-38-42-46-50-54-58-62-68(73)70-66(65-71)67(72)61-57-53-49-45-41-37-16-14-12-10-8-6-4-2/h18-21,57,61,66-67,71-72H,3-17,22-56,58-60,62-65H2,1-2H3,(H,70,73)/b19-18-,21-20-,61-57+. The molecular weight excluding hydrogens is 923 g/mol. The van der Waals surface area contributed by atoms with Gasteiger partial charge in [-0.25, -0.2) is 0 Å². The summed E-state index contributed by atoms with van der Waals surface area (Å²) in [6, 6.07) is -0.628. The predicted octanol–water partition coefficient (Wildman–Crippen LogP) is 21.5. The first-order chi connectivity index (χ1) is 37.0. The van der Waals surface area contributed by atoms with Crippen LogP contribution >= 0.6 is 0 Å². The number of aliphatic hydroxyl groups excluding tert-OH is 2. The van der Waals surface area contributed by atoms with Gasteiger partial charge in [0, 0.05) is 12.8 Å². The average Bonchev–Trinajstić information content (AvgIpc) is 3.41. The molecule has 6 nitrogen and oxygen atoms in total. The maximum Gasteiger partial charge on any atom is 0.305 e. The largest absolute Gasteiger partial charge is 0.466 e. The molecule has 3 N–H and O–H groups in total. The van der Waals surface area contributed by atoms with E-state index in [4.69, 9.17) is 4.74 Å². The first-order valence-corrected chi connectivity index (χ1v) is 33.8. The van der Waals surface area contributed by atoms with Crippen LogP contribution in [0, 0.1) is 0 Å².